The van der Waals surface area contributed by atoms with E-state index < -0.39 is 0 Å². The van der Waals surface area contributed by atoms with E-state index in [0.717, 1.165) is 18.4 Å². The number of hydrogen-bond donors (Lipinski definition) is 3. The number of benzene rings is 1. The van der Waals surface area contributed by atoms with Gasteiger partial charge in [-0.1, -0.05) is 11.6 Å². The summed E-state index contributed by atoms with van der Waals surface area (Å²) in [6.07, 6.45) is 2.48. The van der Waals surface area contributed by atoms with E-state index in [1.54, 1.807) is 0 Å². The van der Waals surface area contributed by atoms with Crippen molar-refractivity contribution >= 4 is 11.6 Å². The molecule has 0 spiro atoms. The summed E-state index contributed by atoms with van der Waals surface area (Å²) >= 11 is 5.93. The molecule has 0 bridgehead atoms. The largest absolute Gasteiger partial charge is 0.504 e. The molecule has 4 heteroatoms. The standard InChI is InChI=1S/C11H14ClNO2/c1-6-7(5-11(13)2-3-11)10(15)9(14)4-8(6)12/h4,14-15H,2-3,5,13H2,1H3. The zero-order chi connectivity index (χ0) is 11.2. The highest BCUT2D eigenvalue weighted by Crippen LogP contribution is 2.43. The van der Waals surface area contributed by atoms with Gasteiger partial charge in [-0.25, -0.2) is 0 Å². The summed E-state index contributed by atoms with van der Waals surface area (Å²) < 4.78 is 0. The Hall–Kier alpha value is -0.930. The van der Waals surface area contributed by atoms with Crippen LogP contribution in [0.1, 0.15) is 24.0 Å². The lowest BCUT2D eigenvalue weighted by molar-refractivity contribution is 0.397. The van der Waals surface area contributed by atoms with E-state index in [1.165, 1.54) is 6.07 Å². The Morgan fingerprint density at radius 2 is 2.07 bits per heavy atom. The summed E-state index contributed by atoms with van der Waals surface area (Å²) in [5, 5.41) is 19.6. The lowest BCUT2D eigenvalue weighted by atomic mass is 9.98. The molecule has 1 fully saturated rings. The van der Waals surface area contributed by atoms with Gasteiger partial charge in [-0.15, -0.1) is 0 Å². The highest BCUT2D eigenvalue weighted by molar-refractivity contribution is 6.31. The fourth-order valence-electron chi connectivity index (χ4n) is 1.68. The second kappa shape index (κ2) is 3.29. The molecule has 1 aliphatic carbocycles. The normalized spacial score (nSPS) is 17.8. The van der Waals surface area contributed by atoms with Gasteiger partial charge in [0, 0.05) is 22.2 Å². The molecule has 0 aliphatic heterocycles. The molecule has 1 saturated carbocycles. The molecule has 3 nitrogen and oxygen atoms in total. The van der Waals surface area contributed by atoms with E-state index in [2.05, 4.69) is 0 Å². The Bertz CT molecular complexity index is 387. The molecule has 0 radical (unpaired) electrons. The number of halogens is 1. The quantitative estimate of drug-likeness (QED) is 0.678. The van der Waals surface area contributed by atoms with Crippen molar-refractivity contribution in [2.24, 2.45) is 5.73 Å². The smallest absolute Gasteiger partial charge is 0.161 e. The molecule has 0 atom stereocenters. The van der Waals surface area contributed by atoms with Crippen LogP contribution in [-0.2, 0) is 6.42 Å². The van der Waals surface area contributed by atoms with Crippen LogP contribution in [0.25, 0.3) is 0 Å². The van der Waals surface area contributed by atoms with E-state index in [0.29, 0.717) is 17.0 Å². The molecule has 15 heavy (non-hydrogen) atoms. The molecule has 1 aromatic carbocycles. The predicted octanol–water partition coefficient (Wildman–Crippen LogP) is 2.09. The van der Waals surface area contributed by atoms with E-state index >= 15 is 0 Å². The van der Waals surface area contributed by atoms with Crippen LogP contribution in [0.2, 0.25) is 5.02 Å². The fourth-order valence-corrected chi connectivity index (χ4v) is 1.90. The van der Waals surface area contributed by atoms with Crippen LogP contribution in [0.5, 0.6) is 11.5 Å². The topological polar surface area (TPSA) is 66.5 Å². The molecule has 4 N–H and O–H groups in total. The number of hydrogen-bond acceptors (Lipinski definition) is 3. The number of phenolic OH excluding ortho intramolecular Hbond substituents is 2. The molecule has 0 unspecified atom stereocenters. The molecule has 1 aromatic rings. The monoisotopic (exact) mass is 227 g/mol. The van der Waals surface area contributed by atoms with Gasteiger partial charge in [0.1, 0.15) is 0 Å². The van der Waals surface area contributed by atoms with Crippen molar-refractivity contribution in [3.8, 4) is 11.5 Å². The minimum Gasteiger partial charge on any atom is -0.504 e. The lowest BCUT2D eigenvalue weighted by Gasteiger charge is -2.15. The Morgan fingerprint density at radius 3 is 2.60 bits per heavy atom. The summed E-state index contributed by atoms with van der Waals surface area (Å²) in [5.41, 5.74) is 7.23. The fraction of sp³-hybridized carbons (Fsp3) is 0.455. The number of nitrogens with two attached hydrogens (primary N) is 1. The molecule has 1 aliphatic rings. The van der Waals surface area contributed by atoms with Gasteiger partial charge in [-0.2, -0.15) is 0 Å². The molecule has 0 aromatic heterocycles. The minimum absolute atomic E-state index is 0.0892. The molecule has 82 valence electrons. The average molecular weight is 228 g/mol. The van der Waals surface area contributed by atoms with Gasteiger partial charge in [-0.3, -0.25) is 0 Å². The minimum atomic E-state index is -0.209. The first-order chi connectivity index (χ1) is 6.93. The van der Waals surface area contributed by atoms with Gasteiger partial charge in [0.15, 0.2) is 11.5 Å². The van der Waals surface area contributed by atoms with E-state index in [-0.39, 0.29) is 17.0 Å². The maximum absolute atomic E-state index is 9.73. The second-order valence-corrected chi connectivity index (χ2v) is 4.78. The van der Waals surface area contributed by atoms with Gasteiger partial charge in [0.25, 0.3) is 0 Å². The van der Waals surface area contributed by atoms with Gasteiger partial charge < -0.3 is 15.9 Å². The van der Waals surface area contributed by atoms with E-state index in [1.807, 2.05) is 6.92 Å². The summed E-state index contributed by atoms with van der Waals surface area (Å²) in [6, 6.07) is 1.35. The van der Waals surface area contributed by atoms with Crippen molar-refractivity contribution in [2.75, 3.05) is 0 Å². The van der Waals surface area contributed by atoms with Crippen LogP contribution >= 0.6 is 11.6 Å². The van der Waals surface area contributed by atoms with E-state index in [9.17, 15) is 10.2 Å². The average Bonchev–Trinajstić information content (AvgIpc) is 2.89. The zero-order valence-electron chi connectivity index (χ0n) is 8.55. The first-order valence-corrected chi connectivity index (χ1v) is 5.29. The van der Waals surface area contributed by atoms with Crippen LogP contribution in [0.4, 0.5) is 0 Å². The van der Waals surface area contributed by atoms with Crippen molar-refractivity contribution in [1.82, 2.24) is 0 Å². The third-order valence-electron chi connectivity index (χ3n) is 3.02. The van der Waals surface area contributed by atoms with Gasteiger partial charge in [0.05, 0.1) is 0 Å². The van der Waals surface area contributed by atoms with Crippen LogP contribution < -0.4 is 5.73 Å². The van der Waals surface area contributed by atoms with Gasteiger partial charge >= 0.3 is 0 Å². The van der Waals surface area contributed by atoms with E-state index in [4.69, 9.17) is 17.3 Å². The third kappa shape index (κ3) is 1.90. The molecule has 0 amide bonds. The Balaban J connectivity index is 2.44. The highest BCUT2D eigenvalue weighted by atomic mass is 35.5. The maximum Gasteiger partial charge on any atom is 0.161 e. The summed E-state index contributed by atoms with van der Waals surface area (Å²) in [5.74, 6) is -0.265. The maximum atomic E-state index is 9.73. The zero-order valence-corrected chi connectivity index (χ0v) is 9.30. The number of rotatable bonds is 2. The van der Waals surface area contributed by atoms with Crippen molar-refractivity contribution in [3.63, 3.8) is 0 Å². The van der Waals surface area contributed by atoms with Crippen molar-refractivity contribution in [3.05, 3.63) is 22.2 Å². The van der Waals surface area contributed by atoms with Crippen LogP contribution in [0.3, 0.4) is 0 Å². The first-order valence-electron chi connectivity index (χ1n) is 4.92. The predicted molar refractivity (Wildman–Crippen MR) is 59.4 cm³/mol. The molecule has 2 rings (SSSR count). The van der Waals surface area contributed by atoms with Crippen molar-refractivity contribution < 1.29 is 10.2 Å². The lowest BCUT2D eigenvalue weighted by Crippen LogP contribution is -2.25. The van der Waals surface area contributed by atoms with Crippen LogP contribution in [-0.4, -0.2) is 15.8 Å². The first kappa shape index (κ1) is 10.6. The van der Waals surface area contributed by atoms with Gasteiger partial charge in [0.2, 0.25) is 0 Å². The number of phenols is 2. The third-order valence-corrected chi connectivity index (χ3v) is 3.42. The molecule has 0 saturated heterocycles. The molecular formula is C11H14ClNO2. The molecule has 0 heterocycles. The highest BCUT2D eigenvalue weighted by Gasteiger charge is 2.39. The van der Waals surface area contributed by atoms with Crippen molar-refractivity contribution in [1.29, 1.82) is 0 Å². The summed E-state index contributed by atoms with van der Waals surface area (Å²) in [7, 11) is 0. The summed E-state index contributed by atoms with van der Waals surface area (Å²) in [4.78, 5) is 0. The Labute approximate surface area is 93.5 Å². The van der Waals surface area contributed by atoms with Crippen LogP contribution in [0, 0.1) is 6.92 Å². The van der Waals surface area contributed by atoms with Gasteiger partial charge in [-0.05, 0) is 31.7 Å². The molecular weight excluding hydrogens is 214 g/mol. The summed E-state index contributed by atoms with van der Waals surface area (Å²) in [6.45, 7) is 1.82. The Morgan fingerprint density at radius 1 is 1.47 bits per heavy atom. The van der Waals surface area contributed by atoms with Crippen molar-refractivity contribution in [2.45, 2.75) is 31.7 Å². The number of aromatic hydroxyl groups is 2. The van der Waals surface area contributed by atoms with Crippen LogP contribution in [0.15, 0.2) is 6.07 Å². The SMILES string of the molecule is Cc1c(Cl)cc(O)c(O)c1CC1(N)CC1. The Kier molecular flexibility index (Phi) is 2.32. The second-order valence-electron chi connectivity index (χ2n) is 4.37.